The number of rotatable bonds is 6. The maximum absolute atomic E-state index is 11.5. The zero-order valence-electron chi connectivity index (χ0n) is 11.1. The maximum Gasteiger partial charge on any atom is 0.325 e. The first-order valence-electron chi connectivity index (χ1n) is 5.82. The van der Waals surface area contributed by atoms with Crippen LogP contribution in [0, 0.1) is 0 Å². The molecule has 0 aliphatic heterocycles. The van der Waals surface area contributed by atoms with Crippen molar-refractivity contribution < 1.29 is 14.3 Å². The monoisotopic (exact) mass is 327 g/mol. The highest BCUT2D eigenvalue weighted by Gasteiger charge is 2.14. The predicted molar refractivity (Wildman–Crippen MR) is 79.2 cm³/mol. The largest absolute Gasteiger partial charge is 0.468 e. The van der Waals surface area contributed by atoms with Gasteiger partial charge >= 0.3 is 5.97 Å². The topological polar surface area (TPSA) is 112 Å². The van der Waals surface area contributed by atoms with Crippen LogP contribution < -0.4 is 11.2 Å². The molecule has 0 saturated heterocycles. The summed E-state index contributed by atoms with van der Waals surface area (Å²) in [5, 5.41) is 12.7. The van der Waals surface area contributed by atoms with Crippen LogP contribution in [0.2, 0.25) is 0 Å². The Balaban J connectivity index is 1.89. The Bertz CT molecular complexity index is 626. The molecule has 2 rings (SSSR count). The number of amides is 1. The molecule has 0 aliphatic rings. The molecule has 21 heavy (non-hydrogen) atoms. The van der Waals surface area contributed by atoms with Gasteiger partial charge in [-0.15, -0.1) is 21.5 Å². The zero-order chi connectivity index (χ0) is 15.2. The number of nitrogen functional groups attached to an aromatic ring is 1. The number of aromatic nitrogens is 3. The van der Waals surface area contributed by atoms with E-state index in [-0.39, 0.29) is 18.2 Å². The molecule has 2 heterocycles. The molecular weight excluding hydrogens is 314 g/mol. The molecule has 2 aromatic rings. The summed E-state index contributed by atoms with van der Waals surface area (Å²) >= 11 is 2.64. The number of thioether (sulfide) groups is 1. The Morgan fingerprint density at radius 2 is 2.33 bits per heavy atom. The molecule has 0 saturated carbocycles. The average Bonchev–Trinajstić information content (AvgIpc) is 3.12. The summed E-state index contributed by atoms with van der Waals surface area (Å²) in [6.07, 6.45) is 0. The van der Waals surface area contributed by atoms with E-state index in [4.69, 9.17) is 5.84 Å². The first-order chi connectivity index (χ1) is 10.1. The van der Waals surface area contributed by atoms with E-state index in [1.54, 1.807) is 0 Å². The number of esters is 1. The second-order valence-corrected chi connectivity index (χ2v) is 5.69. The molecule has 0 aromatic carbocycles. The van der Waals surface area contributed by atoms with E-state index in [9.17, 15) is 9.59 Å². The van der Waals surface area contributed by atoms with Crippen LogP contribution in [0.15, 0.2) is 22.7 Å². The Kier molecular flexibility index (Phi) is 5.17. The standard InChI is InChI=1S/C11H13N5O3S2/c1-19-9(18)5-13-8(17)6-21-11-15-14-10(16(11)12)7-3-2-4-20-7/h2-4H,5-6,12H2,1H3,(H,13,17). The van der Waals surface area contributed by atoms with Crippen molar-refractivity contribution in [2.24, 2.45) is 0 Å². The number of hydrogen-bond donors (Lipinski definition) is 2. The van der Waals surface area contributed by atoms with Crippen molar-refractivity contribution in [2.75, 3.05) is 25.3 Å². The predicted octanol–water partition coefficient (Wildman–Crippen LogP) is 0.102. The number of hydrogen-bond acceptors (Lipinski definition) is 8. The number of methoxy groups -OCH3 is 1. The summed E-state index contributed by atoms with van der Waals surface area (Å²) in [5.74, 6) is 5.70. The van der Waals surface area contributed by atoms with Crippen molar-refractivity contribution in [3.63, 3.8) is 0 Å². The van der Waals surface area contributed by atoms with Crippen LogP contribution in [-0.4, -0.2) is 46.2 Å². The van der Waals surface area contributed by atoms with Gasteiger partial charge in [0.05, 0.1) is 17.7 Å². The lowest BCUT2D eigenvalue weighted by Crippen LogP contribution is -2.31. The smallest absolute Gasteiger partial charge is 0.325 e. The van der Waals surface area contributed by atoms with Gasteiger partial charge < -0.3 is 15.9 Å². The highest BCUT2D eigenvalue weighted by Crippen LogP contribution is 2.24. The van der Waals surface area contributed by atoms with E-state index in [2.05, 4.69) is 20.3 Å². The molecule has 0 radical (unpaired) electrons. The fraction of sp³-hybridized carbons (Fsp3) is 0.273. The Labute approximate surface area is 128 Å². The van der Waals surface area contributed by atoms with Crippen LogP contribution in [0.25, 0.3) is 10.7 Å². The zero-order valence-corrected chi connectivity index (χ0v) is 12.7. The van der Waals surface area contributed by atoms with Gasteiger partial charge in [-0.05, 0) is 11.4 Å². The van der Waals surface area contributed by atoms with E-state index >= 15 is 0 Å². The van der Waals surface area contributed by atoms with E-state index in [0.29, 0.717) is 11.0 Å². The van der Waals surface area contributed by atoms with Gasteiger partial charge in [0.1, 0.15) is 6.54 Å². The van der Waals surface area contributed by atoms with Crippen molar-refractivity contribution in [2.45, 2.75) is 5.16 Å². The van der Waals surface area contributed by atoms with Gasteiger partial charge in [0.15, 0.2) is 5.82 Å². The summed E-state index contributed by atoms with van der Waals surface area (Å²) in [5.41, 5.74) is 0. The molecule has 10 heteroatoms. The number of nitrogens with zero attached hydrogens (tertiary/aromatic N) is 3. The molecule has 8 nitrogen and oxygen atoms in total. The third-order valence-electron chi connectivity index (χ3n) is 2.40. The maximum atomic E-state index is 11.5. The van der Waals surface area contributed by atoms with Crippen molar-refractivity contribution in [1.82, 2.24) is 20.2 Å². The number of thiophene rings is 1. The normalized spacial score (nSPS) is 10.3. The third-order valence-corrected chi connectivity index (χ3v) is 4.20. The quantitative estimate of drug-likeness (QED) is 0.439. The van der Waals surface area contributed by atoms with Crippen LogP contribution in [0.4, 0.5) is 0 Å². The van der Waals surface area contributed by atoms with Crippen LogP contribution in [0.1, 0.15) is 0 Å². The average molecular weight is 327 g/mol. The number of carbonyl (C=O) groups excluding carboxylic acids is 2. The minimum absolute atomic E-state index is 0.0801. The molecule has 0 bridgehead atoms. The van der Waals surface area contributed by atoms with Gasteiger partial charge in [0.2, 0.25) is 11.1 Å². The van der Waals surface area contributed by atoms with Crippen LogP contribution in [0.5, 0.6) is 0 Å². The Morgan fingerprint density at radius 1 is 1.52 bits per heavy atom. The van der Waals surface area contributed by atoms with E-state index < -0.39 is 5.97 Å². The Morgan fingerprint density at radius 3 is 3.00 bits per heavy atom. The van der Waals surface area contributed by atoms with Gasteiger partial charge in [-0.1, -0.05) is 17.8 Å². The number of ether oxygens (including phenoxy) is 1. The summed E-state index contributed by atoms with van der Waals surface area (Å²) < 4.78 is 5.76. The first kappa shape index (κ1) is 15.3. The fourth-order valence-corrected chi connectivity index (χ4v) is 2.77. The van der Waals surface area contributed by atoms with Gasteiger partial charge in [0.25, 0.3) is 0 Å². The van der Waals surface area contributed by atoms with Gasteiger partial charge in [-0.25, -0.2) is 4.68 Å². The highest BCUT2D eigenvalue weighted by molar-refractivity contribution is 7.99. The van der Waals surface area contributed by atoms with Crippen molar-refractivity contribution in [1.29, 1.82) is 0 Å². The molecule has 3 N–H and O–H groups in total. The molecular formula is C11H13N5O3S2. The fourth-order valence-electron chi connectivity index (χ4n) is 1.37. The lowest BCUT2D eigenvalue weighted by atomic mass is 10.4. The molecule has 112 valence electrons. The molecule has 2 aromatic heterocycles. The van der Waals surface area contributed by atoms with Crippen molar-refractivity contribution >= 4 is 35.0 Å². The van der Waals surface area contributed by atoms with Gasteiger partial charge in [0, 0.05) is 0 Å². The van der Waals surface area contributed by atoms with E-state index in [0.717, 1.165) is 16.6 Å². The lowest BCUT2D eigenvalue weighted by Gasteiger charge is -2.04. The number of nitrogens with two attached hydrogens (primary N) is 1. The molecule has 1 amide bonds. The lowest BCUT2D eigenvalue weighted by molar-refractivity contribution is -0.140. The molecule has 0 aliphatic carbocycles. The van der Waals surface area contributed by atoms with Crippen molar-refractivity contribution in [3.05, 3.63) is 17.5 Å². The van der Waals surface area contributed by atoms with Crippen LogP contribution in [0.3, 0.4) is 0 Å². The second-order valence-electron chi connectivity index (χ2n) is 3.80. The Hall–Kier alpha value is -2.07. The van der Waals surface area contributed by atoms with Gasteiger partial charge in [-0.2, -0.15) is 0 Å². The van der Waals surface area contributed by atoms with Crippen molar-refractivity contribution in [3.8, 4) is 10.7 Å². The highest BCUT2D eigenvalue weighted by atomic mass is 32.2. The summed E-state index contributed by atoms with van der Waals surface area (Å²) in [6, 6.07) is 3.78. The van der Waals surface area contributed by atoms with E-state index in [1.165, 1.54) is 23.1 Å². The summed E-state index contributed by atoms with van der Waals surface area (Å²) in [6.45, 7) is -0.161. The van der Waals surface area contributed by atoms with E-state index in [1.807, 2.05) is 17.5 Å². The number of nitrogens with one attached hydrogen (secondary N) is 1. The molecule has 0 spiro atoms. The second kappa shape index (κ2) is 7.09. The van der Waals surface area contributed by atoms with Crippen LogP contribution in [-0.2, 0) is 14.3 Å². The molecule has 0 unspecified atom stereocenters. The minimum Gasteiger partial charge on any atom is -0.468 e. The number of carbonyl (C=O) groups is 2. The molecule has 0 atom stereocenters. The third kappa shape index (κ3) is 3.95. The molecule has 0 fully saturated rings. The minimum atomic E-state index is -0.504. The summed E-state index contributed by atoms with van der Waals surface area (Å²) in [4.78, 5) is 23.3. The van der Waals surface area contributed by atoms with Gasteiger partial charge in [-0.3, -0.25) is 9.59 Å². The summed E-state index contributed by atoms with van der Waals surface area (Å²) in [7, 11) is 1.26. The van der Waals surface area contributed by atoms with Crippen LogP contribution >= 0.6 is 23.1 Å². The first-order valence-corrected chi connectivity index (χ1v) is 7.69. The SMILES string of the molecule is COC(=O)CNC(=O)CSc1nnc(-c2cccs2)n1N.